The summed E-state index contributed by atoms with van der Waals surface area (Å²) in [4.78, 5) is 1.30. The van der Waals surface area contributed by atoms with Gasteiger partial charge in [0, 0.05) is 6.04 Å². The average Bonchev–Trinajstić information content (AvgIpc) is 3.00. The fraction of sp³-hybridized carbons (Fsp3) is 0.529. The SMILES string of the molecule is CCCNC(Cc1ccc(CC)cc1)c1snnc1CC. The molecule has 1 unspecified atom stereocenters. The maximum atomic E-state index is 4.26. The molecular formula is C17H25N3S. The Morgan fingerprint density at radius 3 is 2.38 bits per heavy atom. The van der Waals surface area contributed by atoms with E-state index in [0.29, 0.717) is 6.04 Å². The van der Waals surface area contributed by atoms with Crippen molar-refractivity contribution in [3.05, 3.63) is 46.0 Å². The van der Waals surface area contributed by atoms with Gasteiger partial charge >= 0.3 is 0 Å². The molecule has 0 saturated carbocycles. The van der Waals surface area contributed by atoms with Crippen LogP contribution in [0, 0.1) is 0 Å². The molecule has 1 heterocycles. The minimum Gasteiger partial charge on any atom is -0.309 e. The van der Waals surface area contributed by atoms with Crippen molar-refractivity contribution in [1.82, 2.24) is 14.9 Å². The standard InChI is InChI=1S/C17H25N3S/c1-4-11-18-16(17-15(6-3)19-20-21-17)12-14-9-7-13(5-2)8-10-14/h7-10,16,18H,4-6,11-12H2,1-3H3. The Labute approximate surface area is 132 Å². The van der Waals surface area contributed by atoms with Crippen LogP contribution in [0.2, 0.25) is 0 Å². The highest BCUT2D eigenvalue weighted by molar-refractivity contribution is 7.05. The van der Waals surface area contributed by atoms with Gasteiger partial charge in [-0.3, -0.25) is 0 Å². The number of nitrogens with one attached hydrogen (secondary N) is 1. The molecule has 1 atom stereocenters. The molecule has 1 N–H and O–H groups in total. The number of aromatic nitrogens is 2. The van der Waals surface area contributed by atoms with E-state index in [1.165, 1.54) is 27.5 Å². The first kappa shape index (κ1) is 16.1. The van der Waals surface area contributed by atoms with E-state index in [4.69, 9.17) is 0 Å². The van der Waals surface area contributed by atoms with E-state index in [2.05, 4.69) is 59.9 Å². The van der Waals surface area contributed by atoms with Crippen LogP contribution in [0.25, 0.3) is 0 Å². The zero-order valence-electron chi connectivity index (χ0n) is 13.2. The highest BCUT2D eigenvalue weighted by Gasteiger charge is 2.18. The smallest absolute Gasteiger partial charge is 0.0801 e. The third kappa shape index (κ3) is 4.35. The van der Waals surface area contributed by atoms with Crippen LogP contribution in [-0.4, -0.2) is 16.1 Å². The van der Waals surface area contributed by atoms with Gasteiger partial charge in [-0.1, -0.05) is 49.5 Å². The van der Waals surface area contributed by atoms with Gasteiger partial charge in [-0.25, -0.2) is 0 Å². The van der Waals surface area contributed by atoms with Gasteiger partial charge in [0.25, 0.3) is 0 Å². The van der Waals surface area contributed by atoms with E-state index in [1.54, 1.807) is 0 Å². The van der Waals surface area contributed by atoms with Gasteiger partial charge in [-0.2, -0.15) is 0 Å². The third-order valence-corrected chi connectivity index (χ3v) is 4.63. The molecule has 0 fully saturated rings. The average molecular weight is 303 g/mol. The molecule has 0 spiro atoms. The molecule has 0 saturated heterocycles. The van der Waals surface area contributed by atoms with E-state index in [0.717, 1.165) is 37.9 Å². The van der Waals surface area contributed by atoms with E-state index < -0.39 is 0 Å². The predicted molar refractivity (Wildman–Crippen MR) is 89.8 cm³/mol. The molecule has 0 bridgehead atoms. The van der Waals surface area contributed by atoms with Gasteiger partial charge in [0.1, 0.15) is 0 Å². The number of rotatable bonds is 8. The molecule has 114 valence electrons. The Kier molecular flexibility index (Phi) is 6.33. The largest absolute Gasteiger partial charge is 0.309 e. The number of aryl methyl sites for hydroxylation is 2. The Balaban J connectivity index is 2.15. The fourth-order valence-electron chi connectivity index (χ4n) is 2.45. The molecule has 21 heavy (non-hydrogen) atoms. The van der Waals surface area contributed by atoms with Crippen LogP contribution in [0.3, 0.4) is 0 Å². The zero-order valence-corrected chi connectivity index (χ0v) is 14.0. The molecular weight excluding hydrogens is 278 g/mol. The van der Waals surface area contributed by atoms with Crippen molar-refractivity contribution in [2.24, 2.45) is 0 Å². The maximum Gasteiger partial charge on any atom is 0.0801 e. The summed E-state index contributed by atoms with van der Waals surface area (Å²) in [5, 5.41) is 7.92. The molecule has 3 nitrogen and oxygen atoms in total. The van der Waals surface area contributed by atoms with Crippen molar-refractivity contribution >= 4 is 11.5 Å². The van der Waals surface area contributed by atoms with E-state index >= 15 is 0 Å². The summed E-state index contributed by atoms with van der Waals surface area (Å²) in [5.74, 6) is 0. The summed E-state index contributed by atoms with van der Waals surface area (Å²) in [6.07, 6.45) is 4.18. The lowest BCUT2D eigenvalue weighted by Crippen LogP contribution is -2.24. The number of hydrogen-bond acceptors (Lipinski definition) is 4. The Bertz CT molecular complexity index is 533. The summed E-state index contributed by atoms with van der Waals surface area (Å²) in [5.41, 5.74) is 3.90. The highest BCUT2D eigenvalue weighted by Crippen LogP contribution is 2.25. The van der Waals surface area contributed by atoms with Crippen LogP contribution >= 0.6 is 11.5 Å². The first-order valence-electron chi connectivity index (χ1n) is 7.90. The molecule has 1 aromatic carbocycles. The first-order valence-corrected chi connectivity index (χ1v) is 8.68. The second-order valence-corrected chi connectivity index (χ2v) is 6.10. The molecule has 4 heteroatoms. The topological polar surface area (TPSA) is 37.8 Å². The van der Waals surface area contributed by atoms with E-state index in [1.807, 2.05) is 0 Å². The van der Waals surface area contributed by atoms with Crippen LogP contribution < -0.4 is 5.32 Å². The van der Waals surface area contributed by atoms with Crippen molar-refractivity contribution in [2.45, 2.75) is 52.5 Å². The summed E-state index contributed by atoms with van der Waals surface area (Å²) >= 11 is 1.54. The maximum absolute atomic E-state index is 4.26. The Morgan fingerprint density at radius 2 is 1.76 bits per heavy atom. The van der Waals surface area contributed by atoms with Gasteiger partial charge in [0.2, 0.25) is 0 Å². The normalized spacial score (nSPS) is 12.5. The summed E-state index contributed by atoms with van der Waals surface area (Å²) in [6, 6.07) is 9.29. The van der Waals surface area contributed by atoms with Crippen molar-refractivity contribution in [1.29, 1.82) is 0 Å². The predicted octanol–water partition coefficient (Wildman–Crippen LogP) is 3.95. The number of hydrogen-bond donors (Lipinski definition) is 1. The lowest BCUT2D eigenvalue weighted by atomic mass is 10.0. The zero-order chi connectivity index (χ0) is 15.1. The Hall–Kier alpha value is -1.26. The molecule has 0 radical (unpaired) electrons. The molecule has 0 aliphatic carbocycles. The van der Waals surface area contributed by atoms with E-state index in [9.17, 15) is 0 Å². The minimum atomic E-state index is 0.326. The van der Waals surface area contributed by atoms with Crippen molar-refractivity contribution < 1.29 is 0 Å². The fourth-order valence-corrected chi connectivity index (χ4v) is 3.26. The summed E-state index contributed by atoms with van der Waals surface area (Å²) in [6.45, 7) is 7.56. The van der Waals surface area contributed by atoms with E-state index in [-0.39, 0.29) is 0 Å². The lowest BCUT2D eigenvalue weighted by molar-refractivity contribution is 0.532. The lowest BCUT2D eigenvalue weighted by Gasteiger charge is -2.18. The van der Waals surface area contributed by atoms with Gasteiger partial charge in [-0.15, -0.1) is 5.10 Å². The van der Waals surface area contributed by atoms with Crippen LogP contribution in [-0.2, 0) is 19.3 Å². The van der Waals surface area contributed by atoms with Crippen LogP contribution in [0.5, 0.6) is 0 Å². The quantitative estimate of drug-likeness (QED) is 0.802. The van der Waals surface area contributed by atoms with Crippen LogP contribution in [0.4, 0.5) is 0 Å². The molecule has 0 aliphatic rings. The van der Waals surface area contributed by atoms with Crippen molar-refractivity contribution in [3.8, 4) is 0 Å². The van der Waals surface area contributed by atoms with Crippen LogP contribution in [0.15, 0.2) is 24.3 Å². The Morgan fingerprint density at radius 1 is 1.05 bits per heavy atom. The first-order chi connectivity index (χ1) is 10.3. The van der Waals surface area contributed by atoms with Gasteiger partial charge in [-0.05, 0) is 54.9 Å². The van der Waals surface area contributed by atoms with Gasteiger partial charge in [0.05, 0.1) is 10.6 Å². The second-order valence-electron chi connectivity index (χ2n) is 5.32. The molecule has 1 aromatic heterocycles. The number of benzene rings is 1. The van der Waals surface area contributed by atoms with Crippen LogP contribution in [0.1, 0.15) is 54.9 Å². The molecule has 0 aliphatic heterocycles. The highest BCUT2D eigenvalue weighted by atomic mass is 32.1. The van der Waals surface area contributed by atoms with Gasteiger partial charge < -0.3 is 5.32 Å². The van der Waals surface area contributed by atoms with Gasteiger partial charge in [0.15, 0.2) is 0 Å². The second kappa shape index (κ2) is 8.25. The molecule has 2 rings (SSSR count). The van der Waals surface area contributed by atoms with Crippen molar-refractivity contribution in [2.75, 3.05) is 6.54 Å². The number of nitrogens with zero attached hydrogens (tertiary/aromatic N) is 2. The summed E-state index contributed by atoms with van der Waals surface area (Å²) in [7, 11) is 0. The monoisotopic (exact) mass is 303 g/mol. The summed E-state index contributed by atoms with van der Waals surface area (Å²) < 4.78 is 4.14. The third-order valence-electron chi connectivity index (χ3n) is 3.75. The molecule has 2 aromatic rings. The minimum absolute atomic E-state index is 0.326. The molecule has 0 amide bonds. The van der Waals surface area contributed by atoms with Crippen molar-refractivity contribution in [3.63, 3.8) is 0 Å².